The molecule has 6 heteroatoms. The fourth-order valence-electron chi connectivity index (χ4n) is 2.91. The van der Waals surface area contributed by atoms with Crippen LogP contribution in [0.2, 0.25) is 0 Å². The summed E-state index contributed by atoms with van der Waals surface area (Å²) >= 11 is 0. The van der Waals surface area contributed by atoms with Crippen LogP contribution in [0.25, 0.3) is 6.08 Å². The second-order valence-corrected chi connectivity index (χ2v) is 6.75. The number of phenols is 2. The van der Waals surface area contributed by atoms with Crippen LogP contribution in [0.1, 0.15) is 48.2 Å². The van der Waals surface area contributed by atoms with Crippen LogP contribution >= 0.6 is 0 Å². The first-order chi connectivity index (χ1) is 10.6. The number of hydrogen-bond donors (Lipinski definition) is 5. The van der Waals surface area contributed by atoms with Crippen molar-refractivity contribution in [3.8, 4) is 11.5 Å². The highest BCUT2D eigenvalue weighted by Crippen LogP contribution is 2.53. The summed E-state index contributed by atoms with van der Waals surface area (Å²) in [6.45, 7) is 3.68. The maximum absolute atomic E-state index is 12.6. The van der Waals surface area contributed by atoms with Crippen LogP contribution in [0.3, 0.4) is 0 Å². The van der Waals surface area contributed by atoms with Crippen molar-refractivity contribution in [3.63, 3.8) is 0 Å². The largest absolute Gasteiger partial charge is 0.504 e. The Bertz CT molecular complexity index is 671. The maximum atomic E-state index is 12.6. The minimum atomic E-state index is -1.25. The number of carbonyl (C=O) groups excluding carboxylic acids is 1. The lowest BCUT2D eigenvalue weighted by Gasteiger charge is -2.26. The van der Waals surface area contributed by atoms with E-state index >= 15 is 0 Å². The lowest BCUT2D eigenvalue weighted by atomic mass is 9.78. The molecule has 6 nitrogen and oxygen atoms in total. The Kier molecular flexibility index (Phi) is 4.28. The van der Waals surface area contributed by atoms with E-state index in [-0.39, 0.29) is 16.7 Å². The van der Waals surface area contributed by atoms with E-state index in [1.54, 1.807) is 13.8 Å². The van der Waals surface area contributed by atoms with Crippen LogP contribution in [-0.2, 0) is 0 Å². The molecule has 2 unspecified atom stereocenters. The second-order valence-electron chi connectivity index (χ2n) is 6.75. The zero-order valence-corrected chi connectivity index (χ0v) is 13.4. The lowest BCUT2D eigenvalue weighted by Crippen LogP contribution is -2.33. The van der Waals surface area contributed by atoms with Gasteiger partial charge < -0.3 is 25.5 Å². The molecule has 0 spiro atoms. The predicted molar refractivity (Wildman–Crippen MR) is 84.5 cm³/mol. The van der Waals surface area contributed by atoms with Crippen LogP contribution in [0, 0.1) is 5.41 Å². The molecule has 1 aliphatic rings. The van der Waals surface area contributed by atoms with E-state index in [2.05, 4.69) is 0 Å². The van der Waals surface area contributed by atoms with Gasteiger partial charge in [-0.2, -0.15) is 0 Å². The van der Waals surface area contributed by atoms with Gasteiger partial charge in [-0.15, -0.1) is 0 Å². The standard InChI is InChI=1S/C17H22O6/c1-16(2,23)5-4-9-6-10-12(14(21)13(9)20)11(7-18)17(3,8-19)15(10)22/h4-6,11,18-21,23H,7-8H2,1-3H3. The summed E-state index contributed by atoms with van der Waals surface area (Å²) in [5.41, 5.74) is -1.90. The first kappa shape index (κ1) is 17.5. The summed E-state index contributed by atoms with van der Waals surface area (Å²) in [7, 11) is 0. The predicted octanol–water partition coefficient (Wildman–Crippen LogP) is 1.15. The Morgan fingerprint density at radius 1 is 1.26 bits per heavy atom. The molecule has 0 amide bonds. The normalized spacial score (nSPS) is 24.4. The highest BCUT2D eigenvalue weighted by Gasteiger charge is 2.51. The molecule has 0 saturated carbocycles. The van der Waals surface area contributed by atoms with Crippen molar-refractivity contribution in [2.45, 2.75) is 32.3 Å². The molecule has 23 heavy (non-hydrogen) atoms. The van der Waals surface area contributed by atoms with Crippen molar-refractivity contribution < 1.29 is 30.3 Å². The highest BCUT2D eigenvalue weighted by atomic mass is 16.3. The number of aliphatic hydroxyl groups excluding tert-OH is 2. The fraction of sp³-hybridized carbons (Fsp3) is 0.471. The lowest BCUT2D eigenvalue weighted by molar-refractivity contribution is 0.0579. The number of carbonyl (C=O) groups is 1. The first-order valence-corrected chi connectivity index (χ1v) is 7.33. The molecular weight excluding hydrogens is 300 g/mol. The van der Waals surface area contributed by atoms with E-state index in [0.29, 0.717) is 0 Å². The van der Waals surface area contributed by atoms with Crippen molar-refractivity contribution in [3.05, 3.63) is 28.8 Å². The molecular formula is C17H22O6. The number of phenolic OH excluding ortho intramolecular Hbond substituents is 2. The number of fused-ring (bicyclic) bond motifs is 1. The molecule has 5 N–H and O–H groups in total. The van der Waals surface area contributed by atoms with Crippen molar-refractivity contribution in [2.75, 3.05) is 13.2 Å². The molecule has 0 bridgehead atoms. The van der Waals surface area contributed by atoms with Gasteiger partial charge in [0.2, 0.25) is 0 Å². The van der Waals surface area contributed by atoms with E-state index in [4.69, 9.17) is 0 Å². The van der Waals surface area contributed by atoms with Gasteiger partial charge in [0.25, 0.3) is 0 Å². The number of Topliss-reactive ketones (excluding diaryl/α,β-unsaturated/α-hetero) is 1. The molecule has 1 aromatic rings. The Labute approximate surface area is 134 Å². The van der Waals surface area contributed by atoms with Crippen molar-refractivity contribution in [2.24, 2.45) is 5.41 Å². The van der Waals surface area contributed by atoms with Gasteiger partial charge >= 0.3 is 0 Å². The second kappa shape index (κ2) is 5.63. The van der Waals surface area contributed by atoms with E-state index in [9.17, 15) is 30.3 Å². The van der Waals surface area contributed by atoms with Gasteiger partial charge in [0.05, 0.1) is 24.2 Å². The monoisotopic (exact) mass is 322 g/mol. The Hall–Kier alpha value is -1.89. The van der Waals surface area contributed by atoms with Crippen LogP contribution < -0.4 is 0 Å². The minimum absolute atomic E-state index is 0.145. The summed E-state index contributed by atoms with van der Waals surface area (Å²) in [4.78, 5) is 12.6. The number of aromatic hydroxyl groups is 2. The average molecular weight is 322 g/mol. The molecule has 1 aromatic carbocycles. The molecule has 2 atom stereocenters. The van der Waals surface area contributed by atoms with Gasteiger partial charge in [0.15, 0.2) is 17.3 Å². The third-order valence-electron chi connectivity index (χ3n) is 4.41. The van der Waals surface area contributed by atoms with E-state index in [1.165, 1.54) is 25.1 Å². The smallest absolute Gasteiger partial charge is 0.172 e. The highest BCUT2D eigenvalue weighted by molar-refractivity contribution is 6.07. The van der Waals surface area contributed by atoms with Gasteiger partial charge in [-0.25, -0.2) is 0 Å². The number of benzene rings is 1. The fourth-order valence-corrected chi connectivity index (χ4v) is 2.91. The SMILES string of the molecule is CC(C)(O)C=Cc1cc2c(c(O)c1O)C(CO)C(C)(CO)C2=O. The third kappa shape index (κ3) is 2.73. The summed E-state index contributed by atoms with van der Waals surface area (Å²) in [5, 5.41) is 49.3. The molecule has 0 radical (unpaired) electrons. The minimum Gasteiger partial charge on any atom is -0.504 e. The molecule has 0 aliphatic heterocycles. The van der Waals surface area contributed by atoms with E-state index in [1.807, 2.05) is 0 Å². The zero-order valence-electron chi connectivity index (χ0n) is 13.4. The number of rotatable bonds is 4. The first-order valence-electron chi connectivity index (χ1n) is 7.33. The van der Waals surface area contributed by atoms with Crippen LogP contribution in [-0.4, -0.2) is 50.1 Å². The topological polar surface area (TPSA) is 118 Å². The quantitative estimate of drug-likeness (QED) is 0.531. The van der Waals surface area contributed by atoms with Gasteiger partial charge in [0, 0.05) is 22.6 Å². The zero-order chi connectivity index (χ0) is 17.6. The number of aliphatic hydroxyl groups is 3. The summed E-state index contributed by atoms with van der Waals surface area (Å²) in [6.07, 6.45) is 2.83. The third-order valence-corrected chi connectivity index (χ3v) is 4.41. The van der Waals surface area contributed by atoms with E-state index < -0.39 is 47.4 Å². The molecule has 0 heterocycles. The Morgan fingerprint density at radius 3 is 2.35 bits per heavy atom. The summed E-state index contributed by atoms with van der Waals surface area (Å²) in [5.74, 6) is -2.12. The van der Waals surface area contributed by atoms with Gasteiger partial charge in [-0.05, 0) is 26.8 Å². The average Bonchev–Trinajstić information content (AvgIpc) is 2.69. The van der Waals surface area contributed by atoms with Gasteiger partial charge in [0.1, 0.15) is 0 Å². The number of hydrogen-bond acceptors (Lipinski definition) is 6. The van der Waals surface area contributed by atoms with Crippen molar-refractivity contribution in [1.29, 1.82) is 0 Å². The molecule has 2 rings (SSSR count). The molecule has 126 valence electrons. The van der Waals surface area contributed by atoms with Crippen molar-refractivity contribution in [1.82, 2.24) is 0 Å². The Balaban J connectivity index is 2.65. The molecule has 1 aliphatic carbocycles. The van der Waals surface area contributed by atoms with Crippen LogP contribution in [0.15, 0.2) is 12.1 Å². The van der Waals surface area contributed by atoms with E-state index in [0.717, 1.165) is 0 Å². The van der Waals surface area contributed by atoms with Crippen molar-refractivity contribution >= 4 is 11.9 Å². The Morgan fingerprint density at radius 2 is 1.87 bits per heavy atom. The number of ketones is 1. The molecule has 0 fully saturated rings. The van der Waals surface area contributed by atoms with Gasteiger partial charge in [-0.1, -0.05) is 12.2 Å². The summed E-state index contributed by atoms with van der Waals surface area (Å²) in [6, 6.07) is 1.40. The molecule has 0 aromatic heterocycles. The molecule has 0 saturated heterocycles. The summed E-state index contributed by atoms with van der Waals surface area (Å²) < 4.78 is 0. The van der Waals surface area contributed by atoms with Gasteiger partial charge in [-0.3, -0.25) is 4.79 Å². The van der Waals surface area contributed by atoms with Crippen LogP contribution in [0.4, 0.5) is 0 Å². The maximum Gasteiger partial charge on any atom is 0.172 e. The van der Waals surface area contributed by atoms with Crippen LogP contribution in [0.5, 0.6) is 11.5 Å².